The van der Waals surface area contributed by atoms with Crippen LogP contribution < -0.4 is 10.6 Å². The summed E-state index contributed by atoms with van der Waals surface area (Å²) >= 11 is 1.72. The second-order valence-corrected chi connectivity index (χ2v) is 5.92. The standard InChI is InChI=1S/C15H19N3O2S/c1-3-16-12-8-13(10-14(9-12)18(19)20)17-11(2)7-15-5-4-6-21-15/h4-6,8-11,16-17H,3,7H2,1-2H3. The molecule has 5 nitrogen and oxygen atoms in total. The van der Waals surface area contributed by atoms with Gasteiger partial charge in [-0.15, -0.1) is 11.3 Å². The Labute approximate surface area is 128 Å². The fourth-order valence-electron chi connectivity index (χ4n) is 2.17. The van der Waals surface area contributed by atoms with Crippen molar-refractivity contribution in [3.63, 3.8) is 0 Å². The second kappa shape index (κ2) is 7.08. The molecule has 1 aromatic heterocycles. The van der Waals surface area contributed by atoms with Crippen molar-refractivity contribution in [3.05, 3.63) is 50.7 Å². The summed E-state index contributed by atoms with van der Waals surface area (Å²) in [5, 5.41) is 19.5. The van der Waals surface area contributed by atoms with E-state index in [1.807, 2.05) is 19.1 Å². The molecule has 0 fully saturated rings. The number of hydrogen-bond acceptors (Lipinski definition) is 5. The molecule has 2 N–H and O–H groups in total. The molecule has 0 aliphatic carbocycles. The largest absolute Gasteiger partial charge is 0.385 e. The highest BCUT2D eigenvalue weighted by Crippen LogP contribution is 2.25. The molecule has 1 aromatic carbocycles. The number of thiophene rings is 1. The Kier molecular flexibility index (Phi) is 5.16. The van der Waals surface area contributed by atoms with Gasteiger partial charge in [-0.2, -0.15) is 0 Å². The van der Waals surface area contributed by atoms with E-state index in [1.54, 1.807) is 23.5 Å². The molecule has 21 heavy (non-hydrogen) atoms. The fourth-order valence-corrected chi connectivity index (χ4v) is 3.01. The van der Waals surface area contributed by atoms with Crippen LogP contribution in [0.3, 0.4) is 0 Å². The molecule has 0 saturated heterocycles. The van der Waals surface area contributed by atoms with Gasteiger partial charge in [-0.1, -0.05) is 6.07 Å². The van der Waals surface area contributed by atoms with Crippen molar-refractivity contribution in [3.8, 4) is 0 Å². The Morgan fingerprint density at radius 3 is 2.71 bits per heavy atom. The lowest BCUT2D eigenvalue weighted by molar-refractivity contribution is -0.384. The van der Waals surface area contributed by atoms with Crippen molar-refractivity contribution >= 4 is 28.4 Å². The van der Waals surface area contributed by atoms with Gasteiger partial charge in [0.2, 0.25) is 0 Å². The third-order valence-corrected chi connectivity index (χ3v) is 3.91. The van der Waals surface area contributed by atoms with Crippen molar-refractivity contribution < 1.29 is 4.92 Å². The summed E-state index contributed by atoms with van der Waals surface area (Å²) < 4.78 is 0. The van der Waals surface area contributed by atoms with E-state index in [1.165, 1.54) is 4.88 Å². The summed E-state index contributed by atoms with van der Waals surface area (Å²) in [4.78, 5) is 11.9. The maximum atomic E-state index is 11.0. The van der Waals surface area contributed by atoms with E-state index in [-0.39, 0.29) is 16.7 Å². The number of nitrogens with one attached hydrogen (secondary N) is 2. The molecular formula is C15H19N3O2S. The molecule has 1 atom stereocenters. The number of hydrogen-bond donors (Lipinski definition) is 2. The van der Waals surface area contributed by atoms with Gasteiger partial charge in [0, 0.05) is 47.4 Å². The molecule has 0 radical (unpaired) electrons. The van der Waals surface area contributed by atoms with E-state index < -0.39 is 0 Å². The minimum Gasteiger partial charge on any atom is -0.385 e. The molecule has 1 unspecified atom stereocenters. The molecule has 112 valence electrons. The zero-order valence-electron chi connectivity index (χ0n) is 12.1. The van der Waals surface area contributed by atoms with Crippen molar-refractivity contribution in [2.24, 2.45) is 0 Å². The Morgan fingerprint density at radius 2 is 2.10 bits per heavy atom. The summed E-state index contributed by atoms with van der Waals surface area (Å²) in [5.41, 5.74) is 1.63. The second-order valence-electron chi connectivity index (χ2n) is 4.88. The highest BCUT2D eigenvalue weighted by atomic mass is 32.1. The Balaban J connectivity index is 2.12. The van der Waals surface area contributed by atoms with Crippen molar-refractivity contribution in [2.45, 2.75) is 26.3 Å². The molecule has 0 amide bonds. The zero-order valence-corrected chi connectivity index (χ0v) is 12.9. The van der Waals surface area contributed by atoms with E-state index in [2.05, 4.69) is 29.0 Å². The van der Waals surface area contributed by atoms with Gasteiger partial charge in [-0.25, -0.2) is 0 Å². The first-order valence-electron chi connectivity index (χ1n) is 6.90. The zero-order chi connectivity index (χ0) is 15.2. The molecule has 0 saturated carbocycles. The molecule has 6 heteroatoms. The molecular weight excluding hydrogens is 286 g/mol. The van der Waals surface area contributed by atoms with Crippen molar-refractivity contribution in [1.29, 1.82) is 0 Å². The smallest absolute Gasteiger partial charge is 0.273 e. The van der Waals surface area contributed by atoms with Crippen LogP contribution in [-0.2, 0) is 6.42 Å². The van der Waals surface area contributed by atoms with Gasteiger partial charge < -0.3 is 10.6 Å². The topological polar surface area (TPSA) is 67.2 Å². The van der Waals surface area contributed by atoms with E-state index in [4.69, 9.17) is 0 Å². The summed E-state index contributed by atoms with van der Waals surface area (Å²) in [6.07, 6.45) is 0.900. The van der Waals surface area contributed by atoms with Crippen LogP contribution in [0.1, 0.15) is 18.7 Å². The van der Waals surface area contributed by atoms with Gasteiger partial charge in [0.25, 0.3) is 5.69 Å². The average Bonchev–Trinajstić information content (AvgIpc) is 2.91. The molecule has 0 bridgehead atoms. The van der Waals surface area contributed by atoms with E-state index in [9.17, 15) is 10.1 Å². The van der Waals surface area contributed by atoms with Crippen LogP contribution >= 0.6 is 11.3 Å². The number of benzene rings is 1. The SMILES string of the molecule is CCNc1cc(NC(C)Cc2cccs2)cc([N+](=O)[O-])c1. The van der Waals surface area contributed by atoms with Crippen LogP contribution in [0.15, 0.2) is 35.7 Å². The Hall–Kier alpha value is -2.08. The Bertz CT molecular complexity index is 599. The number of rotatable bonds is 7. The Morgan fingerprint density at radius 1 is 1.33 bits per heavy atom. The van der Waals surface area contributed by atoms with E-state index in [0.717, 1.165) is 24.3 Å². The summed E-state index contributed by atoms with van der Waals surface area (Å²) in [6, 6.07) is 9.37. The molecule has 0 aliphatic rings. The summed E-state index contributed by atoms with van der Waals surface area (Å²) in [5.74, 6) is 0. The van der Waals surface area contributed by atoms with Crippen LogP contribution in [0.5, 0.6) is 0 Å². The lowest BCUT2D eigenvalue weighted by Crippen LogP contribution is -2.17. The normalized spacial score (nSPS) is 11.9. The highest BCUT2D eigenvalue weighted by Gasteiger charge is 2.11. The van der Waals surface area contributed by atoms with Crippen LogP contribution in [0, 0.1) is 10.1 Å². The maximum absolute atomic E-state index is 11.0. The molecule has 2 aromatic rings. The van der Waals surface area contributed by atoms with Gasteiger partial charge in [-0.05, 0) is 31.4 Å². The summed E-state index contributed by atoms with van der Waals surface area (Å²) in [7, 11) is 0. The molecule has 0 aliphatic heterocycles. The van der Waals surface area contributed by atoms with Gasteiger partial charge in [0.15, 0.2) is 0 Å². The third kappa shape index (κ3) is 4.46. The quantitative estimate of drug-likeness (QED) is 0.596. The lowest BCUT2D eigenvalue weighted by Gasteiger charge is -2.15. The number of nitro groups is 1. The minimum absolute atomic E-state index is 0.0965. The minimum atomic E-state index is -0.365. The van der Waals surface area contributed by atoms with Gasteiger partial charge >= 0.3 is 0 Å². The monoisotopic (exact) mass is 305 g/mol. The lowest BCUT2D eigenvalue weighted by atomic mass is 10.1. The first-order chi connectivity index (χ1) is 10.1. The van der Waals surface area contributed by atoms with E-state index >= 15 is 0 Å². The fraction of sp³-hybridized carbons (Fsp3) is 0.333. The first-order valence-corrected chi connectivity index (χ1v) is 7.78. The van der Waals surface area contributed by atoms with Gasteiger partial charge in [-0.3, -0.25) is 10.1 Å². The number of anilines is 2. The first kappa shape index (κ1) is 15.3. The number of nitro benzene ring substituents is 1. The predicted molar refractivity (Wildman–Crippen MR) is 88.4 cm³/mol. The molecule has 1 heterocycles. The van der Waals surface area contributed by atoms with Crippen molar-refractivity contribution in [1.82, 2.24) is 0 Å². The predicted octanol–water partition coefficient (Wildman–Crippen LogP) is 4.13. The highest BCUT2D eigenvalue weighted by molar-refractivity contribution is 7.09. The molecule has 2 rings (SSSR count). The number of nitrogens with zero attached hydrogens (tertiary/aromatic N) is 1. The van der Waals surface area contributed by atoms with Crippen LogP contribution in [-0.4, -0.2) is 17.5 Å². The van der Waals surface area contributed by atoms with Crippen LogP contribution in [0.4, 0.5) is 17.1 Å². The van der Waals surface area contributed by atoms with Crippen LogP contribution in [0.2, 0.25) is 0 Å². The summed E-state index contributed by atoms with van der Waals surface area (Å²) in [6.45, 7) is 4.77. The third-order valence-electron chi connectivity index (χ3n) is 3.01. The molecule has 0 spiro atoms. The van der Waals surface area contributed by atoms with Gasteiger partial charge in [0.1, 0.15) is 0 Å². The van der Waals surface area contributed by atoms with Crippen LogP contribution in [0.25, 0.3) is 0 Å². The van der Waals surface area contributed by atoms with E-state index in [0.29, 0.717) is 0 Å². The maximum Gasteiger partial charge on any atom is 0.273 e. The van der Waals surface area contributed by atoms with Gasteiger partial charge in [0.05, 0.1) is 4.92 Å². The van der Waals surface area contributed by atoms with Crippen molar-refractivity contribution in [2.75, 3.05) is 17.2 Å². The number of non-ortho nitro benzene ring substituents is 1. The average molecular weight is 305 g/mol.